The molecule has 364 valence electrons. The van der Waals surface area contributed by atoms with Crippen LogP contribution in [0.1, 0.15) is 82.2 Å². The van der Waals surface area contributed by atoms with Gasteiger partial charge in [0, 0.05) is 62.0 Å². The molecule has 0 saturated carbocycles. The predicted octanol–water partition coefficient (Wildman–Crippen LogP) is 3.85. The second-order valence-corrected chi connectivity index (χ2v) is 17.9. The number of anilines is 1. The zero-order valence-electron chi connectivity index (χ0n) is 39.7. The number of aromatic nitrogens is 2. The number of hydrogen-bond acceptors (Lipinski definition) is 13. The highest BCUT2D eigenvalue weighted by Crippen LogP contribution is 2.40. The highest BCUT2D eigenvalue weighted by molar-refractivity contribution is 5.98. The van der Waals surface area contributed by atoms with Gasteiger partial charge in [0.1, 0.15) is 25.0 Å². The van der Waals surface area contributed by atoms with Crippen molar-refractivity contribution in [3.8, 4) is 17.1 Å². The van der Waals surface area contributed by atoms with Crippen LogP contribution in [-0.2, 0) is 55.6 Å². The molecule has 0 saturated heterocycles. The fraction of sp³-hybridized carbons (Fsp3) is 0.458. The van der Waals surface area contributed by atoms with Gasteiger partial charge in [0.2, 0.25) is 11.8 Å². The van der Waals surface area contributed by atoms with Crippen LogP contribution in [0.5, 0.6) is 5.75 Å². The summed E-state index contributed by atoms with van der Waals surface area (Å²) in [5, 5.41) is 23.1. The van der Waals surface area contributed by atoms with E-state index in [-0.39, 0.29) is 86.1 Å². The minimum Gasteiger partial charge on any atom is -0.458 e. The van der Waals surface area contributed by atoms with Gasteiger partial charge in [-0.15, -0.1) is 0 Å². The van der Waals surface area contributed by atoms with Gasteiger partial charge < -0.3 is 60.7 Å². The van der Waals surface area contributed by atoms with Crippen LogP contribution in [0.4, 0.5) is 20.1 Å². The number of fused-ring (bicyclic) bond motifs is 5. The number of hydrogen-bond donors (Lipinski definition) is 6. The summed E-state index contributed by atoms with van der Waals surface area (Å²) in [6.07, 6.45) is -0.0764. The van der Waals surface area contributed by atoms with Crippen LogP contribution in [0.3, 0.4) is 0 Å². The van der Waals surface area contributed by atoms with E-state index < -0.39 is 47.8 Å². The maximum Gasteiger partial charge on any atom is 0.415 e. The molecule has 0 spiro atoms. The van der Waals surface area contributed by atoms with Gasteiger partial charge in [0.05, 0.1) is 35.1 Å². The molecule has 20 heteroatoms. The molecule has 7 N–H and O–H groups in total. The second kappa shape index (κ2) is 21.3. The molecule has 0 unspecified atom stereocenters. The van der Waals surface area contributed by atoms with Crippen LogP contribution < -0.4 is 37.3 Å². The minimum absolute atomic E-state index is 0.0386. The first-order chi connectivity index (χ1) is 32.2. The van der Waals surface area contributed by atoms with Crippen molar-refractivity contribution in [3.05, 3.63) is 86.7 Å². The van der Waals surface area contributed by atoms with Gasteiger partial charge in [-0.25, -0.2) is 24.2 Å². The number of likely N-dealkylation sites (N-methyl/N-ethyl adjacent to an activating group) is 2. The average Bonchev–Trinajstić information content (AvgIpc) is 3.66. The topological polar surface area (TPSA) is 266 Å². The second-order valence-electron chi connectivity index (χ2n) is 17.9. The van der Waals surface area contributed by atoms with Gasteiger partial charge in [-0.1, -0.05) is 46.8 Å². The molecule has 6 rings (SSSR count). The summed E-state index contributed by atoms with van der Waals surface area (Å²) >= 11 is 0. The Bertz CT molecular complexity index is 2650. The number of ether oxygens (including phenoxy) is 3. The smallest absolute Gasteiger partial charge is 0.415 e. The number of cyclic esters (lactones) is 1. The Morgan fingerprint density at radius 3 is 2.29 bits per heavy atom. The van der Waals surface area contributed by atoms with Crippen molar-refractivity contribution in [1.29, 1.82) is 0 Å². The third-order valence-electron chi connectivity index (χ3n) is 12.0. The lowest BCUT2D eigenvalue weighted by atomic mass is 9.89. The van der Waals surface area contributed by atoms with Crippen LogP contribution in [0.25, 0.3) is 22.3 Å². The van der Waals surface area contributed by atoms with Gasteiger partial charge in [-0.2, -0.15) is 0 Å². The molecule has 0 bridgehead atoms. The monoisotopic (exact) mass is 939 g/mol. The van der Waals surface area contributed by atoms with Gasteiger partial charge in [-0.05, 0) is 79.6 Å². The number of pyridine rings is 2. The molecule has 4 heterocycles. The van der Waals surface area contributed by atoms with E-state index in [0.717, 1.165) is 16.5 Å². The van der Waals surface area contributed by atoms with Crippen molar-refractivity contribution in [2.45, 2.75) is 104 Å². The Morgan fingerprint density at radius 1 is 0.956 bits per heavy atom. The number of esters is 1. The molecule has 2 aromatic heterocycles. The van der Waals surface area contributed by atoms with Crippen LogP contribution in [0.15, 0.2) is 53.3 Å². The number of carbonyl (C=O) groups is 6. The number of rotatable bonds is 18. The largest absolute Gasteiger partial charge is 0.458 e. The lowest BCUT2D eigenvalue weighted by Crippen LogP contribution is -2.54. The number of nitrogens with two attached hydrogens (primary N) is 1. The number of benzene rings is 2. The Hall–Kier alpha value is -7.06. The van der Waals surface area contributed by atoms with Crippen LogP contribution in [-0.4, -0.2) is 112 Å². The molecular formula is C48H61N9O11. The number of primary amides is 1. The lowest BCUT2D eigenvalue weighted by Gasteiger charge is -2.29. The molecule has 0 radical (unpaired) electrons. The van der Waals surface area contributed by atoms with Gasteiger partial charge in [-0.3, -0.25) is 14.4 Å². The zero-order chi connectivity index (χ0) is 49.6. The van der Waals surface area contributed by atoms with Crippen LogP contribution in [0, 0.1) is 5.92 Å². The maximum absolute atomic E-state index is 13.6. The number of aryl methyl sites for hydroxylation is 1. The van der Waals surface area contributed by atoms with Crippen LogP contribution >= 0.6 is 0 Å². The van der Waals surface area contributed by atoms with E-state index in [1.807, 2.05) is 34.6 Å². The first kappa shape index (κ1) is 50.4. The summed E-state index contributed by atoms with van der Waals surface area (Å²) in [6.45, 7) is 11.4. The van der Waals surface area contributed by atoms with E-state index in [4.69, 9.17) is 24.9 Å². The average molecular weight is 940 g/mol. The summed E-state index contributed by atoms with van der Waals surface area (Å²) in [6, 6.07) is 11.3. The highest BCUT2D eigenvalue weighted by atomic mass is 16.6. The van der Waals surface area contributed by atoms with E-state index in [1.165, 1.54) is 16.7 Å². The van der Waals surface area contributed by atoms with Crippen molar-refractivity contribution in [2.75, 3.05) is 39.0 Å². The van der Waals surface area contributed by atoms with Gasteiger partial charge in [0.25, 0.3) is 5.56 Å². The SMILES string of the molecule is CCc1c2c(nc3ccc(OC(=O)N(C)CCN(C)C(=O)OCc4ccc(NC(=O)[C@H](CCCNC(N)=O)NC(=O)[C@@H](NC(C)C)C(C)C)cc4)cc13)-c1cc3c(c(=O)n1C2)COC(=O)[C@@]3(C)O. The number of urea groups is 1. The molecule has 3 atom stereocenters. The van der Waals surface area contributed by atoms with Gasteiger partial charge >= 0.3 is 24.2 Å². The standard InChI is InChI=1S/C48H61N9O11/c1-9-31-32-21-30(16-17-36(32)53-40-33(31)23-57-38(40)22-35-34(43(57)60)25-66-44(61)48(35,6)65)68-47(64)56(8)20-19-55(7)46(63)67-24-28-12-14-29(15-13-28)52-41(58)37(11-10-18-50-45(49)62)54-42(59)39(26(2)3)51-27(4)5/h12-17,21-22,26-27,37,39,51,65H,9-11,18-20,23-25H2,1-8H3,(H,52,58)(H,54,59)(H3,49,50,62)/t37-,39-,48-/m0/s1. The fourth-order valence-electron chi connectivity index (χ4n) is 8.17. The molecule has 6 amide bonds. The highest BCUT2D eigenvalue weighted by Gasteiger charge is 2.43. The third-order valence-corrected chi connectivity index (χ3v) is 12.0. The first-order valence-electron chi connectivity index (χ1n) is 22.6. The summed E-state index contributed by atoms with van der Waals surface area (Å²) in [5.41, 5.74) is 7.75. The van der Waals surface area contributed by atoms with Crippen molar-refractivity contribution in [1.82, 2.24) is 35.3 Å². The summed E-state index contributed by atoms with van der Waals surface area (Å²) in [4.78, 5) is 97.4. The van der Waals surface area contributed by atoms with Gasteiger partial charge in [0.15, 0.2) is 5.60 Å². The van der Waals surface area contributed by atoms with E-state index in [1.54, 1.807) is 67.2 Å². The number of aliphatic hydroxyl groups is 1. The summed E-state index contributed by atoms with van der Waals surface area (Å²) < 4.78 is 17.9. The van der Waals surface area contributed by atoms with E-state index >= 15 is 0 Å². The number of nitrogens with one attached hydrogen (secondary N) is 4. The molecule has 2 aliphatic heterocycles. The lowest BCUT2D eigenvalue weighted by molar-refractivity contribution is -0.169. The number of nitrogens with zero attached hydrogens (tertiary/aromatic N) is 4. The molecule has 2 aliphatic rings. The van der Waals surface area contributed by atoms with E-state index in [9.17, 15) is 38.7 Å². The summed E-state index contributed by atoms with van der Waals surface area (Å²) in [5.74, 6) is -1.35. The number of carbonyl (C=O) groups excluding carboxylic acids is 6. The van der Waals surface area contributed by atoms with Crippen molar-refractivity contribution in [2.24, 2.45) is 11.7 Å². The molecule has 0 aliphatic carbocycles. The molecular weight excluding hydrogens is 879 g/mol. The molecule has 20 nitrogen and oxygen atoms in total. The third kappa shape index (κ3) is 11.4. The minimum atomic E-state index is -1.98. The zero-order valence-corrected chi connectivity index (χ0v) is 39.7. The Balaban J connectivity index is 1.01. The quantitative estimate of drug-likeness (QED) is 0.0540. The molecule has 0 fully saturated rings. The van der Waals surface area contributed by atoms with E-state index in [2.05, 4.69) is 21.3 Å². The molecule has 68 heavy (non-hydrogen) atoms. The first-order valence-corrected chi connectivity index (χ1v) is 22.6. The van der Waals surface area contributed by atoms with E-state index in [0.29, 0.717) is 41.0 Å². The van der Waals surface area contributed by atoms with Crippen LogP contribution in [0.2, 0.25) is 0 Å². The predicted molar refractivity (Wildman–Crippen MR) is 251 cm³/mol. The Morgan fingerprint density at radius 2 is 1.65 bits per heavy atom. The normalized spacial score (nSPS) is 15.7. The Labute approximate surface area is 393 Å². The molecule has 4 aromatic rings. The maximum atomic E-state index is 13.6. The number of amides is 6. The fourth-order valence-corrected chi connectivity index (χ4v) is 8.17. The molecule has 2 aromatic carbocycles. The van der Waals surface area contributed by atoms with Crippen molar-refractivity contribution < 1.29 is 48.1 Å². The summed E-state index contributed by atoms with van der Waals surface area (Å²) in [7, 11) is 3.09. The van der Waals surface area contributed by atoms with Crippen molar-refractivity contribution >= 4 is 52.6 Å². The van der Waals surface area contributed by atoms with Crippen molar-refractivity contribution in [3.63, 3.8) is 0 Å². The Kier molecular flexibility index (Phi) is 15.8.